The van der Waals surface area contributed by atoms with Crippen molar-refractivity contribution in [2.75, 3.05) is 6.61 Å². The van der Waals surface area contributed by atoms with Crippen molar-refractivity contribution in [3.63, 3.8) is 0 Å². The number of benzene rings is 2. The van der Waals surface area contributed by atoms with Crippen LogP contribution in [0.15, 0.2) is 60.9 Å². The summed E-state index contributed by atoms with van der Waals surface area (Å²) in [4.78, 5) is 11.8. The minimum atomic E-state index is -0.335. The van der Waals surface area contributed by atoms with Gasteiger partial charge < -0.3 is 9.47 Å². The summed E-state index contributed by atoms with van der Waals surface area (Å²) in [5.74, 6) is 0.137. The van der Waals surface area contributed by atoms with Gasteiger partial charge in [0, 0.05) is 0 Å². The smallest absolute Gasteiger partial charge is 0.313 e. The second kappa shape index (κ2) is 7.98. The first-order valence-electron chi connectivity index (χ1n) is 7.47. The molecule has 0 spiro atoms. The van der Waals surface area contributed by atoms with Crippen LogP contribution in [0.5, 0.6) is 5.75 Å². The van der Waals surface area contributed by atoms with E-state index in [4.69, 9.17) is 9.47 Å². The molecule has 1 heterocycles. The van der Waals surface area contributed by atoms with Crippen LogP contribution in [0, 0.1) is 0 Å². The lowest BCUT2D eigenvalue weighted by Gasteiger charge is -2.06. The van der Waals surface area contributed by atoms with E-state index in [2.05, 4.69) is 15.5 Å². The molecule has 0 saturated heterocycles. The molecule has 0 saturated carbocycles. The van der Waals surface area contributed by atoms with Gasteiger partial charge in [-0.25, -0.2) is 4.68 Å². The zero-order valence-electron chi connectivity index (χ0n) is 12.9. The lowest BCUT2D eigenvalue weighted by molar-refractivity contribution is -0.135. The van der Waals surface area contributed by atoms with Gasteiger partial charge in [-0.3, -0.25) is 4.79 Å². The normalized spacial score (nSPS) is 10.5. The Morgan fingerprint density at radius 1 is 1.04 bits per heavy atom. The van der Waals surface area contributed by atoms with Crippen molar-refractivity contribution in [2.45, 2.75) is 13.0 Å². The SMILES string of the molecule is O=C(CCOCc1ccccc1)Oc1ccc(-n2cnnn2)cc1. The molecule has 0 atom stereocenters. The molecule has 0 aliphatic heterocycles. The van der Waals surface area contributed by atoms with Crippen LogP contribution in [0.2, 0.25) is 0 Å². The first kappa shape index (κ1) is 15.8. The van der Waals surface area contributed by atoms with E-state index in [1.165, 1.54) is 11.0 Å². The Morgan fingerprint density at radius 3 is 2.54 bits per heavy atom. The molecule has 24 heavy (non-hydrogen) atoms. The molecule has 0 fully saturated rings. The Bertz CT molecular complexity index is 758. The Balaban J connectivity index is 1.42. The molecule has 0 aliphatic rings. The van der Waals surface area contributed by atoms with E-state index in [9.17, 15) is 4.79 Å². The van der Waals surface area contributed by atoms with E-state index in [1.807, 2.05) is 30.3 Å². The minimum Gasteiger partial charge on any atom is -0.426 e. The van der Waals surface area contributed by atoms with E-state index in [0.717, 1.165) is 11.3 Å². The van der Waals surface area contributed by atoms with Gasteiger partial charge in [-0.15, -0.1) is 5.10 Å². The van der Waals surface area contributed by atoms with Gasteiger partial charge in [0.25, 0.3) is 0 Å². The average Bonchev–Trinajstić information content (AvgIpc) is 3.15. The van der Waals surface area contributed by atoms with E-state index >= 15 is 0 Å². The van der Waals surface area contributed by atoms with Crippen LogP contribution in [0.4, 0.5) is 0 Å². The number of aromatic nitrogens is 4. The molecule has 3 rings (SSSR count). The van der Waals surface area contributed by atoms with E-state index in [0.29, 0.717) is 19.0 Å². The quantitative estimate of drug-likeness (QED) is 0.376. The number of hydrogen-bond donors (Lipinski definition) is 0. The molecular formula is C17H16N4O3. The molecular weight excluding hydrogens is 308 g/mol. The standard InChI is InChI=1S/C17H16N4O3/c22-17(10-11-23-12-14-4-2-1-3-5-14)24-16-8-6-15(7-9-16)21-13-18-19-20-21/h1-9,13H,10-12H2. The van der Waals surface area contributed by atoms with Crippen molar-refractivity contribution in [3.8, 4) is 11.4 Å². The Hall–Kier alpha value is -3.06. The largest absolute Gasteiger partial charge is 0.426 e. The van der Waals surface area contributed by atoms with Gasteiger partial charge in [-0.05, 0) is 40.3 Å². The highest BCUT2D eigenvalue weighted by Crippen LogP contribution is 2.14. The Morgan fingerprint density at radius 2 is 1.83 bits per heavy atom. The third-order valence-corrected chi connectivity index (χ3v) is 3.24. The minimum absolute atomic E-state index is 0.196. The summed E-state index contributed by atoms with van der Waals surface area (Å²) in [5, 5.41) is 10.9. The summed E-state index contributed by atoms with van der Waals surface area (Å²) in [6.45, 7) is 0.797. The molecule has 0 amide bonds. The molecule has 0 unspecified atom stereocenters. The average molecular weight is 324 g/mol. The summed E-state index contributed by atoms with van der Waals surface area (Å²) in [6.07, 6.45) is 1.69. The predicted octanol–water partition coefficient (Wildman–Crippen LogP) is 2.17. The highest BCUT2D eigenvalue weighted by atomic mass is 16.5. The third-order valence-electron chi connectivity index (χ3n) is 3.24. The van der Waals surface area contributed by atoms with E-state index in [1.54, 1.807) is 24.3 Å². The van der Waals surface area contributed by atoms with E-state index < -0.39 is 0 Å². The molecule has 122 valence electrons. The van der Waals surface area contributed by atoms with Crippen molar-refractivity contribution in [1.29, 1.82) is 0 Å². The topological polar surface area (TPSA) is 79.1 Å². The summed E-state index contributed by atoms with van der Waals surface area (Å²) in [5.41, 5.74) is 1.86. The highest BCUT2D eigenvalue weighted by molar-refractivity contribution is 5.72. The number of tetrazole rings is 1. The van der Waals surface area contributed by atoms with Crippen molar-refractivity contribution < 1.29 is 14.3 Å². The van der Waals surface area contributed by atoms with Crippen LogP contribution in [0.3, 0.4) is 0 Å². The lowest BCUT2D eigenvalue weighted by atomic mass is 10.2. The van der Waals surface area contributed by atoms with Gasteiger partial charge in [-0.2, -0.15) is 0 Å². The van der Waals surface area contributed by atoms with E-state index in [-0.39, 0.29) is 12.4 Å². The van der Waals surface area contributed by atoms with Crippen LogP contribution in [0.25, 0.3) is 5.69 Å². The van der Waals surface area contributed by atoms with Gasteiger partial charge in [0.1, 0.15) is 12.1 Å². The van der Waals surface area contributed by atoms with Crippen molar-refractivity contribution in [2.24, 2.45) is 0 Å². The molecule has 3 aromatic rings. The molecule has 0 bridgehead atoms. The summed E-state index contributed by atoms with van der Waals surface area (Å²) < 4.78 is 12.2. The maximum atomic E-state index is 11.8. The maximum Gasteiger partial charge on any atom is 0.313 e. The molecule has 0 aliphatic carbocycles. The lowest BCUT2D eigenvalue weighted by Crippen LogP contribution is -2.11. The second-order valence-corrected chi connectivity index (χ2v) is 5.01. The van der Waals surface area contributed by atoms with Crippen molar-refractivity contribution >= 4 is 5.97 Å². The number of ether oxygens (including phenoxy) is 2. The second-order valence-electron chi connectivity index (χ2n) is 5.01. The highest BCUT2D eigenvalue weighted by Gasteiger charge is 2.06. The number of nitrogens with zero attached hydrogens (tertiary/aromatic N) is 4. The summed E-state index contributed by atoms with van der Waals surface area (Å²) >= 11 is 0. The molecule has 7 nitrogen and oxygen atoms in total. The maximum absolute atomic E-state index is 11.8. The Labute approximate surface area is 138 Å². The molecule has 1 aromatic heterocycles. The molecule has 0 N–H and O–H groups in total. The first-order valence-corrected chi connectivity index (χ1v) is 7.47. The molecule has 0 radical (unpaired) electrons. The van der Waals surface area contributed by atoms with Crippen LogP contribution >= 0.6 is 0 Å². The van der Waals surface area contributed by atoms with Crippen LogP contribution in [0.1, 0.15) is 12.0 Å². The van der Waals surface area contributed by atoms with Crippen molar-refractivity contribution in [1.82, 2.24) is 20.2 Å². The number of hydrogen-bond acceptors (Lipinski definition) is 6. The number of esters is 1. The van der Waals surface area contributed by atoms with Gasteiger partial charge in [0.15, 0.2) is 0 Å². The fraction of sp³-hybridized carbons (Fsp3) is 0.176. The monoisotopic (exact) mass is 324 g/mol. The number of rotatable bonds is 7. The van der Waals surface area contributed by atoms with Crippen LogP contribution < -0.4 is 4.74 Å². The zero-order valence-corrected chi connectivity index (χ0v) is 12.9. The predicted molar refractivity (Wildman–Crippen MR) is 85.5 cm³/mol. The molecule has 7 heteroatoms. The number of carbonyl (C=O) groups excluding carboxylic acids is 1. The molecule has 2 aromatic carbocycles. The summed E-state index contributed by atoms with van der Waals surface area (Å²) in [6, 6.07) is 16.7. The van der Waals surface area contributed by atoms with Gasteiger partial charge in [0.05, 0.1) is 25.3 Å². The first-order chi connectivity index (χ1) is 11.8. The van der Waals surface area contributed by atoms with Crippen LogP contribution in [-0.4, -0.2) is 32.8 Å². The van der Waals surface area contributed by atoms with Gasteiger partial charge >= 0.3 is 5.97 Å². The van der Waals surface area contributed by atoms with Crippen LogP contribution in [-0.2, 0) is 16.1 Å². The van der Waals surface area contributed by atoms with Gasteiger partial charge in [-0.1, -0.05) is 30.3 Å². The third kappa shape index (κ3) is 4.47. The Kier molecular flexibility index (Phi) is 5.26. The fourth-order valence-corrected chi connectivity index (χ4v) is 2.05. The summed E-state index contributed by atoms with van der Waals surface area (Å²) in [7, 11) is 0. The van der Waals surface area contributed by atoms with Gasteiger partial charge in [0.2, 0.25) is 0 Å². The zero-order chi connectivity index (χ0) is 16.6. The number of carbonyl (C=O) groups is 1. The van der Waals surface area contributed by atoms with Crippen molar-refractivity contribution in [3.05, 3.63) is 66.5 Å². The fourth-order valence-electron chi connectivity index (χ4n) is 2.05.